The Kier molecular flexibility index (Phi) is 4.49. The highest BCUT2D eigenvalue weighted by molar-refractivity contribution is 7.91. The van der Waals surface area contributed by atoms with Crippen LogP contribution in [-0.2, 0) is 16.6 Å². The van der Waals surface area contributed by atoms with Gasteiger partial charge in [0, 0.05) is 34.0 Å². The molecule has 8 heteroatoms. The first-order valence-electron chi connectivity index (χ1n) is 8.75. The quantitative estimate of drug-likeness (QED) is 0.528. The summed E-state index contributed by atoms with van der Waals surface area (Å²) < 4.78 is 25.3. The van der Waals surface area contributed by atoms with Crippen molar-refractivity contribution in [3.05, 3.63) is 59.0 Å². The van der Waals surface area contributed by atoms with E-state index >= 15 is 0 Å². The third kappa shape index (κ3) is 3.09. The number of sulfonamides is 1. The van der Waals surface area contributed by atoms with Crippen molar-refractivity contribution in [2.45, 2.75) is 24.6 Å². The molecule has 3 N–H and O–H groups in total. The average Bonchev–Trinajstić information content (AvgIpc) is 3.19. The Bertz CT molecular complexity index is 1330. The number of nitrogens with one attached hydrogen (secondary N) is 1. The van der Waals surface area contributed by atoms with Gasteiger partial charge in [0.25, 0.3) is 5.91 Å². The molecule has 144 valence electrons. The first-order valence-corrected chi connectivity index (χ1v) is 11.1. The second-order valence-corrected chi connectivity index (χ2v) is 9.41. The van der Waals surface area contributed by atoms with Crippen LogP contribution in [0.2, 0.25) is 0 Å². The van der Waals surface area contributed by atoms with Crippen molar-refractivity contribution < 1.29 is 13.2 Å². The molecule has 0 spiro atoms. The van der Waals surface area contributed by atoms with Crippen LogP contribution >= 0.6 is 11.3 Å². The van der Waals surface area contributed by atoms with Crippen LogP contribution in [0.1, 0.15) is 22.2 Å². The van der Waals surface area contributed by atoms with Gasteiger partial charge in [-0.1, -0.05) is 18.2 Å². The largest absolute Gasteiger partial charge is 0.341 e. The number of primary sulfonamides is 1. The van der Waals surface area contributed by atoms with Gasteiger partial charge in [-0.2, -0.15) is 0 Å². The van der Waals surface area contributed by atoms with Crippen LogP contribution in [-0.4, -0.2) is 18.9 Å². The minimum absolute atomic E-state index is 0.0170. The van der Waals surface area contributed by atoms with Crippen LogP contribution in [0.15, 0.2) is 52.7 Å². The number of benzene rings is 2. The number of carbonyl (C=O) groups is 1. The van der Waals surface area contributed by atoms with Gasteiger partial charge in [0.2, 0.25) is 10.0 Å². The molecule has 4 rings (SSSR count). The van der Waals surface area contributed by atoms with Crippen molar-refractivity contribution in [3.8, 4) is 0 Å². The first-order chi connectivity index (χ1) is 13.3. The molecule has 0 aliphatic heterocycles. The molecule has 4 aromatic rings. The van der Waals surface area contributed by atoms with Crippen LogP contribution in [0.5, 0.6) is 0 Å². The molecule has 0 radical (unpaired) electrons. The number of amides is 1. The molecule has 0 aliphatic carbocycles. The van der Waals surface area contributed by atoms with E-state index in [4.69, 9.17) is 5.14 Å². The molecule has 0 saturated heterocycles. The Morgan fingerprint density at radius 3 is 2.50 bits per heavy atom. The lowest BCUT2D eigenvalue weighted by atomic mass is 10.1. The van der Waals surface area contributed by atoms with E-state index in [-0.39, 0.29) is 10.1 Å². The number of aryl methyl sites for hydroxylation is 2. The van der Waals surface area contributed by atoms with E-state index in [1.807, 2.05) is 30.3 Å². The molecule has 0 unspecified atom stereocenters. The molecule has 2 aromatic heterocycles. The van der Waals surface area contributed by atoms with E-state index in [1.165, 1.54) is 6.07 Å². The molecule has 2 heterocycles. The predicted octanol–water partition coefficient (Wildman–Crippen LogP) is 4.08. The van der Waals surface area contributed by atoms with Crippen molar-refractivity contribution in [2.75, 3.05) is 5.32 Å². The topological polar surface area (TPSA) is 94.2 Å². The van der Waals surface area contributed by atoms with E-state index in [0.29, 0.717) is 16.1 Å². The van der Waals surface area contributed by atoms with Gasteiger partial charge in [-0.3, -0.25) is 4.79 Å². The summed E-state index contributed by atoms with van der Waals surface area (Å²) in [6, 6.07) is 15.4. The number of hydrogen-bond acceptors (Lipinski definition) is 4. The number of nitrogens with zero attached hydrogens (tertiary/aromatic N) is 1. The maximum atomic E-state index is 12.7. The van der Waals surface area contributed by atoms with E-state index in [0.717, 1.165) is 39.7 Å². The number of fused-ring (bicyclic) bond motifs is 3. The first kappa shape index (κ1) is 18.7. The Labute approximate surface area is 166 Å². The van der Waals surface area contributed by atoms with Crippen molar-refractivity contribution in [2.24, 2.45) is 5.14 Å². The van der Waals surface area contributed by atoms with Crippen molar-refractivity contribution in [3.63, 3.8) is 0 Å². The molecule has 28 heavy (non-hydrogen) atoms. The zero-order chi connectivity index (χ0) is 20.1. The third-order valence-corrected chi connectivity index (χ3v) is 7.38. The highest BCUT2D eigenvalue weighted by atomic mass is 32.2. The van der Waals surface area contributed by atoms with Gasteiger partial charge in [0.05, 0.1) is 4.88 Å². The minimum Gasteiger partial charge on any atom is -0.341 e. The maximum Gasteiger partial charge on any atom is 0.266 e. The third-order valence-electron chi connectivity index (χ3n) is 4.73. The van der Waals surface area contributed by atoms with Gasteiger partial charge < -0.3 is 9.88 Å². The number of nitrogens with two attached hydrogens (primary N) is 1. The molecule has 1 amide bonds. The van der Waals surface area contributed by atoms with Gasteiger partial charge >= 0.3 is 0 Å². The number of hydrogen-bond donors (Lipinski definition) is 2. The van der Waals surface area contributed by atoms with Crippen LogP contribution in [0.4, 0.5) is 5.69 Å². The molecule has 0 saturated carbocycles. The summed E-state index contributed by atoms with van der Waals surface area (Å²) in [6.45, 7) is 4.64. The standard InChI is InChI=1S/C20H19N3O3S2/c1-3-23-16-7-5-4-6-14(16)15-11-13(8-9-17(15)23)22-20(24)19-12(2)10-18(27-19)28(21,25)26/h4-11H,3H2,1-2H3,(H,22,24)(H2,21,25,26). The van der Waals surface area contributed by atoms with E-state index < -0.39 is 10.0 Å². The smallest absolute Gasteiger partial charge is 0.266 e. The zero-order valence-electron chi connectivity index (χ0n) is 15.4. The van der Waals surface area contributed by atoms with E-state index in [1.54, 1.807) is 6.92 Å². The highest BCUT2D eigenvalue weighted by Gasteiger charge is 2.19. The van der Waals surface area contributed by atoms with Gasteiger partial charge in [-0.25, -0.2) is 13.6 Å². The molecule has 0 fully saturated rings. The van der Waals surface area contributed by atoms with Gasteiger partial charge in [-0.05, 0) is 49.7 Å². The molecular weight excluding hydrogens is 394 g/mol. The van der Waals surface area contributed by atoms with Gasteiger partial charge in [0.15, 0.2) is 0 Å². The minimum atomic E-state index is -3.83. The molecule has 6 nitrogen and oxygen atoms in total. The summed E-state index contributed by atoms with van der Waals surface area (Å²) in [5.41, 5.74) is 3.48. The Morgan fingerprint density at radius 2 is 1.82 bits per heavy atom. The highest BCUT2D eigenvalue weighted by Crippen LogP contribution is 2.32. The summed E-state index contributed by atoms with van der Waals surface area (Å²) in [5, 5.41) is 10.2. The van der Waals surface area contributed by atoms with E-state index in [2.05, 4.69) is 28.9 Å². The number of carbonyl (C=O) groups excluding carboxylic acids is 1. The summed E-state index contributed by atoms with van der Waals surface area (Å²) in [4.78, 5) is 13.0. The lowest BCUT2D eigenvalue weighted by Crippen LogP contribution is -2.11. The summed E-state index contributed by atoms with van der Waals surface area (Å²) >= 11 is 0.879. The molecule has 0 atom stereocenters. The Hall–Kier alpha value is -2.68. The number of rotatable bonds is 4. The molecular formula is C20H19N3O3S2. The van der Waals surface area contributed by atoms with Crippen LogP contribution in [0, 0.1) is 6.92 Å². The SMILES string of the molecule is CCn1c2ccccc2c2cc(NC(=O)c3sc(S(N)(=O)=O)cc3C)ccc21. The van der Waals surface area contributed by atoms with Gasteiger partial charge in [-0.15, -0.1) is 11.3 Å². The van der Waals surface area contributed by atoms with Crippen LogP contribution < -0.4 is 10.5 Å². The number of thiophene rings is 1. The molecule has 0 bridgehead atoms. The number of aromatic nitrogens is 1. The lowest BCUT2D eigenvalue weighted by Gasteiger charge is -2.06. The zero-order valence-corrected chi connectivity index (χ0v) is 17.0. The second-order valence-electron chi connectivity index (χ2n) is 6.57. The number of para-hydroxylation sites is 1. The normalized spacial score (nSPS) is 12.0. The Morgan fingerprint density at radius 1 is 1.11 bits per heavy atom. The van der Waals surface area contributed by atoms with Crippen LogP contribution in [0.3, 0.4) is 0 Å². The van der Waals surface area contributed by atoms with Crippen molar-refractivity contribution in [1.29, 1.82) is 0 Å². The second kappa shape index (κ2) is 6.73. The van der Waals surface area contributed by atoms with Crippen molar-refractivity contribution >= 4 is 54.8 Å². The Balaban J connectivity index is 1.74. The predicted molar refractivity (Wildman–Crippen MR) is 114 cm³/mol. The van der Waals surface area contributed by atoms with Gasteiger partial charge in [0.1, 0.15) is 4.21 Å². The molecule has 0 aliphatic rings. The lowest BCUT2D eigenvalue weighted by molar-refractivity contribution is 0.103. The average molecular weight is 414 g/mol. The van der Waals surface area contributed by atoms with Crippen molar-refractivity contribution in [1.82, 2.24) is 4.57 Å². The monoisotopic (exact) mass is 413 g/mol. The maximum absolute atomic E-state index is 12.7. The number of anilines is 1. The fourth-order valence-corrected chi connectivity index (χ4v) is 5.33. The molecule has 2 aromatic carbocycles. The fraction of sp³-hybridized carbons (Fsp3) is 0.150. The van der Waals surface area contributed by atoms with E-state index in [9.17, 15) is 13.2 Å². The summed E-state index contributed by atoms with van der Waals surface area (Å²) in [7, 11) is -3.83. The van der Waals surface area contributed by atoms with Crippen LogP contribution in [0.25, 0.3) is 21.8 Å². The summed E-state index contributed by atoms with van der Waals surface area (Å²) in [6.07, 6.45) is 0. The summed E-state index contributed by atoms with van der Waals surface area (Å²) in [5.74, 6) is -0.351. The fourth-order valence-electron chi connectivity index (χ4n) is 3.48.